The number of benzene rings is 1. The quantitative estimate of drug-likeness (QED) is 0.347. The Bertz CT molecular complexity index is 416. The Labute approximate surface area is 137 Å². The first-order valence-corrected chi connectivity index (χ1v) is 9.23. The van der Waals surface area contributed by atoms with E-state index in [1.807, 2.05) is 23.1 Å². The molecule has 1 N–H and O–H groups in total. The topological polar surface area (TPSA) is 12.0 Å². The molecular weight excluding hydrogens is 424 g/mol. The average Bonchev–Trinajstić information content (AvgIpc) is 3.20. The third-order valence-electron chi connectivity index (χ3n) is 2.87. The average molecular weight is 443 g/mol. The van der Waals surface area contributed by atoms with Crippen LogP contribution in [-0.2, 0) is 0 Å². The van der Waals surface area contributed by atoms with E-state index in [9.17, 15) is 0 Å². The smallest absolute Gasteiger partial charge is 0.0549 e. The highest BCUT2D eigenvalue weighted by Crippen LogP contribution is 2.35. The molecule has 0 heterocycles. The lowest BCUT2D eigenvalue weighted by Gasteiger charge is -2.05. The molecule has 1 aliphatic carbocycles. The number of alkyl halides is 1. The summed E-state index contributed by atoms with van der Waals surface area (Å²) in [7, 11) is 0. The van der Waals surface area contributed by atoms with Gasteiger partial charge in [0.2, 0.25) is 0 Å². The maximum atomic E-state index is 5.93. The first-order chi connectivity index (χ1) is 8.66. The van der Waals surface area contributed by atoms with Crippen LogP contribution >= 0.6 is 50.1 Å². The highest BCUT2D eigenvalue weighted by atomic mass is 127. The molecule has 0 saturated heterocycles. The van der Waals surface area contributed by atoms with Gasteiger partial charge in [0.05, 0.1) is 5.02 Å². The minimum absolute atomic E-state index is 0.746. The van der Waals surface area contributed by atoms with Gasteiger partial charge in [0.15, 0.2) is 0 Å². The van der Waals surface area contributed by atoms with E-state index in [0.29, 0.717) is 0 Å². The molecule has 0 spiro atoms. The van der Waals surface area contributed by atoms with Crippen molar-refractivity contribution >= 4 is 55.8 Å². The van der Waals surface area contributed by atoms with Crippen molar-refractivity contribution in [3.8, 4) is 0 Å². The summed E-state index contributed by atoms with van der Waals surface area (Å²) in [4.78, 5) is 1.97. The SMILES string of the molecule is C/C(=C\CNc1ccc(Cl)c(Br)c1)C1CC1.CI. The van der Waals surface area contributed by atoms with Crippen LogP contribution in [0.2, 0.25) is 5.02 Å². The van der Waals surface area contributed by atoms with Crippen molar-refractivity contribution < 1.29 is 0 Å². The van der Waals surface area contributed by atoms with Crippen molar-refractivity contribution in [1.29, 1.82) is 0 Å². The summed E-state index contributed by atoms with van der Waals surface area (Å²) in [6.07, 6.45) is 5.02. The second kappa shape index (κ2) is 8.43. The van der Waals surface area contributed by atoms with E-state index < -0.39 is 0 Å². The van der Waals surface area contributed by atoms with E-state index in [4.69, 9.17) is 11.6 Å². The van der Waals surface area contributed by atoms with Crippen molar-refractivity contribution in [1.82, 2.24) is 0 Å². The fourth-order valence-corrected chi connectivity index (χ4v) is 2.14. The van der Waals surface area contributed by atoms with Gasteiger partial charge in [-0.2, -0.15) is 0 Å². The highest BCUT2D eigenvalue weighted by molar-refractivity contribution is 14.1. The number of allylic oxidation sites excluding steroid dienone is 1. The van der Waals surface area contributed by atoms with Crippen molar-refractivity contribution in [3.05, 3.63) is 39.3 Å². The van der Waals surface area contributed by atoms with Gasteiger partial charge in [-0.3, -0.25) is 0 Å². The Balaban J connectivity index is 0.000000771. The van der Waals surface area contributed by atoms with Gasteiger partial charge in [-0.1, -0.05) is 45.8 Å². The van der Waals surface area contributed by atoms with Crippen LogP contribution in [0.1, 0.15) is 19.8 Å². The lowest BCUT2D eigenvalue weighted by molar-refractivity contribution is 0.993. The fraction of sp³-hybridized carbons (Fsp3) is 0.429. The fourth-order valence-electron chi connectivity index (χ4n) is 1.64. The Morgan fingerprint density at radius 2 is 2.17 bits per heavy atom. The summed E-state index contributed by atoms with van der Waals surface area (Å²) >= 11 is 11.5. The highest BCUT2D eigenvalue weighted by Gasteiger charge is 2.22. The molecule has 100 valence electrons. The van der Waals surface area contributed by atoms with Gasteiger partial charge in [-0.05, 0) is 64.7 Å². The molecule has 1 aromatic rings. The number of anilines is 1. The van der Waals surface area contributed by atoms with Crippen LogP contribution < -0.4 is 5.32 Å². The largest absolute Gasteiger partial charge is 0.382 e. The van der Waals surface area contributed by atoms with Gasteiger partial charge in [-0.25, -0.2) is 0 Å². The second-order valence-electron chi connectivity index (χ2n) is 4.23. The van der Waals surface area contributed by atoms with E-state index in [1.165, 1.54) is 18.4 Å². The van der Waals surface area contributed by atoms with Gasteiger partial charge >= 0.3 is 0 Å². The summed E-state index contributed by atoms with van der Waals surface area (Å²) < 4.78 is 0.932. The van der Waals surface area contributed by atoms with Gasteiger partial charge in [0, 0.05) is 16.7 Å². The van der Waals surface area contributed by atoms with E-state index >= 15 is 0 Å². The summed E-state index contributed by atoms with van der Waals surface area (Å²) in [5, 5.41) is 4.11. The van der Waals surface area contributed by atoms with Crippen LogP contribution in [0.4, 0.5) is 5.69 Å². The molecule has 0 unspecified atom stereocenters. The molecule has 1 aliphatic rings. The van der Waals surface area contributed by atoms with Crippen LogP contribution in [-0.4, -0.2) is 11.5 Å². The summed E-state index contributed by atoms with van der Waals surface area (Å²) in [6.45, 7) is 3.10. The van der Waals surface area contributed by atoms with Crippen LogP contribution in [0.25, 0.3) is 0 Å². The van der Waals surface area contributed by atoms with Crippen molar-refractivity contribution in [3.63, 3.8) is 0 Å². The molecule has 18 heavy (non-hydrogen) atoms. The minimum atomic E-state index is 0.746. The first-order valence-electron chi connectivity index (χ1n) is 5.90. The number of hydrogen-bond acceptors (Lipinski definition) is 1. The normalized spacial score (nSPS) is 14.8. The first kappa shape index (κ1) is 16.3. The lowest BCUT2D eigenvalue weighted by atomic mass is 10.2. The predicted molar refractivity (Wildman–Crippen MR) is 94.1 cm³/mol. The summed E-state index contributed by atoms with van der Waals surface area (Å²) in [5.74, 6) is 0.860. The molecule has 0 bridgehead atoms. The minimum Gasteiger partial charge on any atom is -0.382 e. The molecule has 1 fully saturated rings. The third kappa shape index (κ3) is 5.49. The Morgan fingerprint density at radius 3 is 2.72 bits per heavy atom. The monoisotopic (exact) mass is 441 g/mol. The number of rotatable bonds is 4. The zero-order chi connectivity index (χ0) is 13.5. The van der Waals surface area contributed by atoms with Gasteiger partial charge < -0.3 is 5.32 Å². The molecule has 0 amide bonds. The molecule has 2 rings (SSSR count). The Morgan fingerprint density at radius 1 is 1.50 bits per heavy atom. The predicted octanol–water partition coefficient (Wildman–Crippen LogP) is 5.92. The Hall–Kier alpha value is 0.260. The molecule has 0 radical (unpaired) electrons. The molecule has 0 aromatic heterocycles. The molecular formula is C14H18BrClIN. The molecule has 1 saturated carbocycles. The second-order valence-corrected chi connectivity index (χ2v) is 5.49. The maximum Gasteiger partial charge on any atom is 0.0549 e. The van der Waals surface area contributed by atoms with Crippen molar-refractivity contribution in [2.45, 2.75) is 19.8 Å². The lowest BCUT2D eigenvalue weighted by Crippen LogP contribution is -1.99. The van der Waals surface area contributed by atoms with E-state index in [0.717, 1.165) is 27.6 Å². The van der Waals surface area contributed by atoms with Gasteiger partial charge in [-0.15, -0.1) is 0 Å². The standard InChI is InChI=1S/C13H15BrClN.CH3I/c1-9(10-2-3-10)6-7-16-11-4-5-13(15)12(14)8-11;1-2/h4-6,8,10,16H,2-3,7H2,1H3;1H3/b9-6+;. The number of halogens is 3. The van der Waals surface area contributed by atoms with E-state index in [1.54, 1.807) is 0 Å². The van der Waals surface area contributed by atoms with Crippen LogP contribution in [0.3, 0.4) is 0 Å². The Kier molecular flexibility index (Phi) is 7.64. The maximum absolute atomic E-state index is 5.93. The van der Waals surface area contributed by atoms with E-state index in [2.05, 4.69) is 56.8 Å². The molecule has 0 atom stereocenters. The van der Waals surface area contributed by atoms with Gasteiger partial charge in [0.25, 0.3) is 0 Å². The summed E-state index contributed by atoms with van der Waals surface area (Å²) in [5.41, 5.74) is 2.61. The molecule has 1 aromatic carbocycles. The van der Waals surface area contributed by atoms with Crippen molar-refractivity contribution in [2.75, 3.05) is 16.8 Å². The third-order valence-corrected chi connectivity index (χ3v) is 4.09. The number of nitrogens with one attached hydrogen (secondary N) is 1. The zero-order valence-electron chi connectivity index (χ0n) is 10.6. The van der Waals surface area contributed by atoms with E-state index in [-0.39, 0.29) is 0 Å². The zero-order valence-corrected chi connectivity index (χ0v) is 15.1. The van der Waals surface area contributed by atoms with Crippen LogP contribution in [0.5, 0.6) is 0 Å². The molecule has 0 aliphatic heterocycles. The van der Waals surface area contributed by atoms with Crippen molar-refractivity contribution in [2.24, 2.45) is 5.92 Å². The molecule has 4 heteroatoms. The van der Waals surface area contributed by atoms with Gasteiger partial charge in [0.1, 0.15) is 0 Å². The summed E-state index contributed by atoms with van der Waals surface area (Å²) in [6, 6.07) is 5.89. The number of hydrogen-bond donors (Lipinski definition) is 1. The van der Waals surface area contributed by atoms with Crippen LogP contribution in [0.15, 0.2) is 34.3 Å². The molecule has 1 nitrogen and oxygen atoms in total. The van der Waals surface area contributed by atoms with Crippen LogP contribution in [0, 0.1) is 5.92 Å².